The first-order chi connectivity index (χ1) is 9.45. The van der Waals surface area contributed by atoms with Gasteiger partial charge in [-0.25, -0.2) is 0 Å². The second-order valence-electron chi connectivity index (χ2n) is 5.04. The molecule has 1 nitrogen and oxygen atoms in total. The van der Waals surface area contributed by atoms with E-state index in [9.17, 15) is 0 Å². The van der Waals surface area contributed by atoms with E-state index in [4.69, 9.17) is 0 Å². The quantitative estimate of drug-likeness (QED) is 0.699. The first kappa shape index (κ1) is 10.6. The van der Waals surface area contributed by atoms with Crippen molar-refractivity contribution in [3.05, 3.63) is 84.1 Å². The van der Waals surface area contributed by atoms with Gasteiger partial charge in [-0.15, -0.1) is 0 Å². The molecule has 0 bridgehead atoms. The van der Waals surface area contributed by atoms with E-state index < -0.39 is 0 Å². The molecule has 0 aromatic heterocycles. The predicted octanol–water partition coefficient (Wildman–Crippen LogP) is 4.77. The van der Waals surface area contributed by atoms with E-state index in [1.54, 1.807) is 0 Å². The van der Waals surface area contributed by atoms with E-state index in [0.29, 0.717) is 5.92 Å². The zero-order chi connectivity index (χ0) is 12.7. The summed E-state index contributed by atoms with van der Waals surface area (Å²) in [7, 11) is 0. The normalized spacial score (nSPS) is 19.9. The van der Waals surface area contributed by atoms with Gasteiger partial charge in [0.15, 0.2) is 0 Å². The lowest BCUT2D eigenvalue weighted by Crippen LogP contribution is -2.14. The van der Waals surface area contributed by atoms with Gasteiger partial charge in [-0.05, 0) is 36.3 Å². The molecule has 0 fully saturated rings. The number of nitrogens with zero attached hydrogens (tertiary/aromatic N) is 1. The molecule has 2 aromatic rings. The Morgan fingerprint density at radius 3 is 2.58 bits per heavy atom. The highest BCUT2D eigenvalue weighted by molar-refractivity contribution is 5.78. The number of hydrogen-bond acceptors (Lipinski definition) is 1. The van der Waals surface area contributed by atoms with Crippen molar-refractivity contribution in [2.24, 2.45) is 0 Å². The first-order valence-corrected chi connectivity index (χ1v) is 6.76. The Balaban J connectivity index is 1.94. The van der Waals surface area contributed by atoms with Crippen molar-refractivity contribution >= 4 is 11.4 Å². The summed E-state index contributed by atoms with van der Waals surface area (Å²) >= 11 is 0. The molecule has 92 valence electrons. The van der Waals surface area contributed by atoms with Crippen LogP contribution in [0.1, 0.15) is 17.9 Å². The van der Waals surface area contributed by atoms with Crippen LogP contribution < -0.4 is 4.90 Å². The maximum Gasteiger partial charge on any atom is 0.0497 e. The minimum atomic E-state index is 0.515. The molecule has 1 heterocycles. The molecule has 1 unspecified atom stereocenters. The molecule has 0 saturated carbocycles. The summed E-state index contributed by atoms with van der Waals surface area (Å²) in [6.45, 7) is 0. The Kier molecular flexibility index (Phi) is 2.31. The minimum Gasteiger partial charge on any atom is -0.313 e. The molecular formula is C18H15N. The van der Waals surface area contributed by atoms with Gasteiger partial charge in [0.2, 0.25) is 0 Å². The average Bonchev–Trinajstić information content (AvgIpc) is 2.83. The van der Waals surface area contributed by atoms with Crippen LogP contribution >= 0.6 is 0 Å². The second-order valence-corrected chi connectivity index (χ2v) is 5.04. The number of benzene rings is 2. The maximum absolute atomic E-state index is 2.39. The Bertz CT molecular complexity index is 667. The fourth-order valence-electron chi connectivity index (χ4n) is 3.12. The number of rotatable bonds is 1. The maximum atomic E-state index is 2.39. The van der Waals surface area contributed by atoms with Crippen molar-refractivity contribution < 1.29 is 0 Å². The zero-order valence-corrected chi connectivity index (χ0v) is 10.7. The predicted molar refractivity (Wildman–Crippen MR) is 79.6 cm³/mol. The summed E-state index contributed by atoms with van der Waals surface area (Å²) in [5.41, 5.74) is 5.42. The molecule has 2 aromatic carbocycles. The fourth-order valence-corrected chi connectivity index (χ4v) is 3.12. The summed E-state index contributed by atoms with van der Waals surface area (Å²) in [5, 5.41) is 0. The second kappa shape index (κ2) is 4.13. The van der Waals surface area contributed by atoms with Crippen LogP contribution in [0.25, 0.3) is 0 Å². The Hall–Kier alpha value is -2.28. The highest BCUT2D eigenvalue weighted by Crippen LogP contribution is 2.49. The molecule has 0 radical (unpaired) electrons. The Morgan fingerprint density at radius 2 is 1.68 bits per heavy atom. The summed E-state index contributed by atoms with van der Waals surface area (Å²) in [6, 6.07) is 19.4. The van der Waals surface area contributed by atoms with Crippen molar-refractivity contribution in [1.29, 1.82) is 0 Å². The number of fused-ring (bicyclic) bond motifs is 3. The van der Waals surface area contributed by atoms with E-state index >= 15 is 0 Å². The van der Waals surface area contributed by atoms with E-state index in [0.717, 1.165) is 6.42 Å². The van der Waals surface area contributed by atoms with Gasteiger partial charge in [-0.3, -0.25) is 0 Å². The summed E-state index contributed by atoms with van der Waals surface area (Å²) in [4.78, 5) is 2.39. The van der Waals surface area contributed by atoms with E-state index in [2.05, 4.69) is 77.7 Å². The molecule has 19 heavy (non-hydrogen) atoms. The average molecular weight is 245 g/mol. The number of para-hydroxylation sites is 2. The molecule has 0 saturated heterocycles. The number of allylic oxidation sites excluding steroid dienone is 4. The Labute approximate surface area is 113 Å². The fraction of sp³-hybridized carbons (Fsp3) is 0.111. The minimum absolute atomic E-state index is 0.515. The lowest BCUT2D eigenvalue weighted by Gasteiger charge is -2.24. The van der Waals surface area contributed by atoms with Gasteiger partial charge in [0.25, 0.3) is 0 Å². The van der Waals surface area contributed by atoms with Gasteiger partial charge in [-0.2, -0.15) is 0 Å². The topological polar surface area (TPSA) is 3.24 Å². The lowest BCUT2D eigenvalue weighted by atomic mass is 9.92. The SMILES string of the molecule is C1=CCC2C(=C1)N(c1ccccc1)c1ccccc12. The van der Waals surface area contributed by atoms with Crippen LogP contribution in [0.3, 0.4) is 0 Å². The van der Waals surface area contributed by atoms with Gasteiger partial charge in [0.05, 0.1) is 0 Å². The summed E-state index contributed by atoms with van der Waals surface area (Å²) in [6.07, 6.45) is 7.79. The van der Waals surface area contributed by atoms with Crippen LogP contribution in [0.15, 0.2) is 78.5 Å². The molecule has 1 aliphatic carbocycles. The van der Waals surface area contributed by atoms with Gasteiger partial charge in [0.1, 0.15) is 0 Å². The zero-order valence-electron chi connectivity index (χ0n) is 10.7. The van der Waals surface area contributed by atoms with Crippen LogP contribution in [-0.2, 0) is 0 Å². The van der Waals surface area contributed by atoms with Crippen LogP contribution in [-0.4, -0.2) is 0 Å². The van der Waals surface area contributed by atoms with Crippen molar-refractivity contribution in [2.75, 3.05) is 4.90 Å². The summed E-state index contributed by atoms with van der Waals surface area (Å²) in [5.74, 6) is 0.515. The molecule has 0 amide bonds. The van der Waals surface area contributed by atoms with Crippen LogP contribution in [0, 0.1) is 0 Å². The third kappa shape index (κ3) is 1.55. The smallest absolute Gasteiger partial charge is 0.0497 e. The molecular weight excluding hydrogens is 230 g/mol. The van der Waals surface area contributed by atoms with Crippen molar-refractivity contribution in [3.8, 4) is 0 Å². The third-order valence-corrected chi connectivity index (χ3v) is 3.96. The van der Waals surface area contributed by atoms with E-state index in [1.807, 2.05) is 0 Å². The molecule has 0 spiro atoms. The highest BCUT2D eigenvalue weighted by atomic mass is 15.2. The molecule has 1 heteroatoms. The number of anilines is 2. The lowest BCUT2D eigenvalue weighted by molar-refractivity contribution is 0.819. The van der Waals surface area contributed by atoms with Gasteiger partial charge < -0.3 is 4.90 Å². The van der Waals surface area contributed by atoms with Gasteiger partial charge >= 0.3 is 0 Å². The van der Waals surface area contributed by atoms with E-state index in [1.165, 1.54) is 22.6 Å². The van der Waals surface area contributed by atoms with E-state index in [-0.39, 0.29) is 0 Å². The van der Waals surface area contributed by atoms with Crippen LogP contribution in [0.5, 0.6) is 0 Å². The Morgan fingerprint density at radius 1 is 0.895 bits per heavy atom. The largest absolute Gasteiger partial charge is 0.313 e. The summed E-state index contributed by atoms with van der Waals surface area (Å²) < 4.78 is 0. The van der Waals surface area contributed by atoms with Crippen LogP contribution in [0.2, 0.25) is 0 Å². The molecule has 1 atom stereocenters. The molecule has 1 aliphatic heterocycles. The van der Waals surface area contributed by atoms with Gasteiger partial charge in [0, 0.05) is 23.0 Å². The van der Waals surface area contributed by atoms with Crippen molar-refractivity contribution in [1.82, 2.24) is 0 Å². The molecule has 0 N–H and O–H groups in total. The van der Waals surface area contributed by atoms with Crippen LogP contribution in [0.4, 0.5) is 11.4 Å². The first-order valence-electron chi connectivity index (χ1n) is 6.76. The monoisotopic (exact) mass is 245 g/mol. The molecule has 4 rings (SSSR count). The van der Waals surface area contributed by atoms with Crippen molar-refractivity contribution in [2.45, 2.75) is 12.3 Å². The standard InChI is InChI=1S/C18H15N/c1-2-8-14(9-3-1)19-17-12-6-4-10-15(17)16-11-5-7-13-18(16)19/h1-10,12-13,16H,11H2. The van der Waals surface area contributed by atoms with Crippen molar-refractivity contribution in [3.63, 3.8) is 0 Å². The molecule has 2 aliphatic rings. The third-order valence-electron chi connectivity index (χ3n) is 3.96. The number of hydrogen-bond donors (Lipinski definition) is 0. The highest BCUT2D eigenvalue weighted by Gasteiger charge is 2.34. The van der Waals surface area contributed by atoms with Gasteiger partial charge in [-0.1, -0.05) is 48.6 Å².